The van der Waals surface area contributed by atoms with Gasteiger partial charge in [-0.2, -0.15) is 0 Å². The van der Waals surface area contributed by atoms with Crippen LogP contribution in [0.5, 0.6) is 0 Å². The van der Waals surface area contributed by atoms with Gasteiger partial charge in [0.15, 0.2) is 5.17 Å². The molecular formula is C25H20Cl2FN3OS. The van der Waals surface area contributed by atoms with Crippen molar-refractivity contribution in [2.45, 2.75) is 6.54 Å². The summed E-state index contributed by atoms with van der Waals surface area (Å²) in [6, 6.07) is 19.2. The van der Waals surface area contributed by atoms with Crippen molar-refractivity contribution >= 4 is 63.5 Å². The van der Waals surface area contributed by atoms with Crippen molar-refractivity contribution in [2.75, 3.05) is 19.0 Å². The Labute approximate surface area is 206 Å². The van der Waals surface area contributed by atoms with Gasteiger partial charge >= 0.3 is 0 Å². The van der Waals surface area contributed by atoms with Gasteiger partial charge < -0.3 is 4.90 Å². The largest absolute Gasteiger partial charge is 0.378 e. The highest BCUT2D eigenvalue weighted by Gasteiger charge is 2.34. The maximum atomic E-state index is 14.3. The van der Waals surface area contributed by atoms with Crippen molar-refractivity contribution in [3.05, 3.63) is 98.6 Å². The van der Waals surface area contributed by atoms with Crippen LogP contribution < -0.4 is 4.90 Å². The van der Waals surface area contributed by atoms with Gasteiger partial charge in [-0.25, -0.2) is 9.38 Å². The molecule has 1 saturated heterocycles. The van der Waals surface area contributed by atoms with Crippen LogP contribution in [0.2, 0.25) is 10.0 Å². The molecule has 0 aromatic heterocycles. The Morgan fingerprint density at radius 1 is 1.06 bits per heavy atom. The second kappa shape index (κ2) is 10.00. The molecule has 0 spiro atoms. The van der Waals surface area contributed by atoms with Gasteiger partial charge in [0, 0.05) is 29.8 Å². The number of carbonyl (C=O) groups excluding carboxylic acids is 1. The molecule has 1 fully saturated rings. The van der Waals surface area contributed by atoms with E-state index in [0.717, 1.165) is 11.3 Å². The van der Waals surface area contributed by atoms with Crippen LogP contribution in [-0.2, 0) is 11.3 Å². The van der Waals surface area contributed by atoms with Crippen LogP contribution in [0.4, 0.5) is 15.8 Å². The predicted octanol–water partition coefficient (Wildman–Crippen LogP) is 7.00. The van der Waals surface area contributed by atoms with E-state index in [-0.39, 0.29) is 18.1 Å². The summed E-state index contributed by atoms with van der Waals surface area (Å²) >= 11 is 13.6. The Morgan fingerprint density at radius 2 is 1.79 bits per heavy atom. The zero-order valence-corrected chi connectivity index (χ0v) is 20.3. The van der Waals surface area contributed by atoms with Crippen LogP contribution >= 0.6 is 35.0 Å². The fraction of sp³-hybridized carbons (Fsp3) is 0.120. The molecule has 1 aliphatic rings. The van der Waals surface area contributed by atoms with Crippen LogP contribution in [0.3, 0.4) is 0 Å². The van der Waals surface area contributed by atoms with E-state index in [1.807, 2.05) is 49.3 Å². The zero-order chi connectivity index (χ0) is 23.5. The normalized spacial score (nSPS) is 16.2. The van der Waals surface area contributed by atoms with Crippen molar-refractivity contribution in [2.24, 2.45) is 4.99 Å². The molecular weight excluding hydrogens is 480 g/mol. The lowest BCUT2D eigenvalue weighted by atomic mass is 10.1. The lowest BCUT2D eigenvalue weighted by Gasteiger charge is -2.17. The Kier molecular flexibility index (Phi) is 7.08. The Hall–Kier alpha value is -2.80. The SMILES string of the molecule is CN(C)c1ccc(/C=C2\SC(=Nc3ccccc3F)N(Cc3ccc(Cl)cc3Cl)C2=O)cc1. The summed E-state index contributed by atoms with van der Waals surface area (Å²) in [5, 5.41) is 1.34. The topological polar surface area (TPSA) is 35.9 Å². The number of carbonyl (C=O) groups is 1. The minimum atomic E-state index is -0.459. The summed E-state index contributed by atoms with van der Waals surface area (Å²) in [6.07, 6.45) is 1.81. The minimum Gasteiger partial charge on any atom is -0.378 e. The van der Waals surface area contributed by atoms with E-state index >= 15 is 0 Å². The molecule has 1 heterocycles. The molecule has 3 aromatic rings. The van der Waals surface area contributed by atoms with Gasteiger partial charge in [0.25, 0.3) is 5.91 Å². The number of amidine groups is 1. The second-order valence-electron chi connectivity index (χ2n) is 7.57. The van der Waals surface area contributed by atoms with Gasteiger partial charge in [-0.15, -0.1) is 0 Å². The number of rotatable bonds is 5. The first-order chi connectivity index (χ1) is 15.8. The molecule has 1 aliphatic heterocycles. The number of anilines is 1. The standard InChI is InChI=1S/C25H20Cl2FN3OS/c1-30(2)19-11-7-16(8-12-19)13-23-24(32)31(15-17-9-10-18(26)14-20(17)27)25(33-23)29-22-6-4-3-5-21(22)28/h3-14H,15H2,1-2H3/b23-13-,29-25?. The molecule has 0 saturated carbocycles. The van der Waals surface area contributed by atoms with E-state index in [2.05, 4.69) is 4.99 Å². The van der Waals surface area contributed by atoms with Crippen molar-refractivity contribution in [1.29, 1.82) is 0 Å². The summed E-state index contributed by atoms with van der Waals surface area (Å²) in [6.45, 7) is 0.187. The van der Waals surface area contributed by atoms with E-state index in [0.29, 0.717) is 25.7 Å². The lowest BCUT2D eigenvalue weighted by Crippen LogP contribution is -2.28. The number of aliphatic imine (C=N–C) groups is 1. The summed E-state index contributed by atoms with van der Waals surface area (Å²) in [4.78, 5) is 21.8. The van der Waals surface area contributed by atoms with Gasteiger partial charge in [-0.1, -0.05) is 53.5 Å². The van der Waals surface area contributed by atoms with Crippen LogP contribution in [0.15, 0.2) is 76.6 Å². The van der Waals surface area contributed by atoms with Gasteiger partial charge in [0.2, 0.25) is 0 Å². The summed E-state index contributed by atoms with van der Waals surface area (Å²) in [5.41, 5.74) is 2.82. The Morgan fingerprint density at radius 3 is 2.45 bits per heavy atom. The predicted molar refractivity (Wildman–Crippen MR) is 137 cm³/mol. The van der Waals surface area contributed by atoms with Gasteiger partial charge in [0.1, 0.15) is 11.5 Å². The maximum Gasteiger partial charge on any atom is 0.267 e. The van der Waals surface area contributed by atoms with Gasteiger partial charge in [-0.05, 0) is 65.4 Å². The highest BCUT2D eigenvalue weighted by molar-refractivity contribution is 8.18. The van der Waals surface area contributed by atoms with Crippen molar-refractivity contribution in [3.8, 4) is 0 Å². The number of benzene rings is 3. The highest BCUT2D eigenvalue weighted by Crippen LogP contribution is 2.36. The van der Waals surface area contributed by atoms with Crippen molar-refractivity contribution in [3.63, 3.8) is 0 Å². The maximum absolute atomic E-state index is 14.3. The number of nitrogens with zero attached hydrogens (tertiary/aromatic N) is 3. The van der Waals surface area contributed by atoms with Gasteiger partial charge in [0.05, 0.1) is 11.4 Å². The summed E-state index contributed by atoms with van der Waals surface area (Å²) in [7, 11) is 3.93. The zero-order valence-electron chi connectivity index (χ0n) is 17.9. The summed E-state index contributed by atoms with van der Waals surface area (Å²) < 4.78 is 14.3. The van der Waals surface area contributed by atoms with Crippen LogP contribution in [0.1, 0.15) is 11.1 Å². The highest BCUT2D eigenvalue weighted by atomic mass is 35.5. The van der Waals surface area contributed by atoms with Crippen molar-refractivity contribution < 1.29 is 9.18 Å². The van der Waals surface area contributed by atoms with E-state index in [9.17, 15) is 9.18 Å². The van der Waals surface area contributed by atoms with Crippen LogP contribution in [-0.4, -0.2) is 30.1 Å². The molecule has 33 heavy (non-hydrogen) atoms. The first kappa shape index (κ1) is 23.4. The number of hydrogen-bond donors (Lipinski definition) is 0. The molecule has 8 heteroatoms. The number of para-hydroxylation sites is 1. The molecule has 4 rings (SSSR count). The third-order valence-electron chi connectivity index (χ3n) is 5.01. The molecule has 0 unspecified atom stereocenters. The molecule has 0 atom stereocenters. The lowest BCUT2D eigenvalue weighted by molar-refractivity contribution is -0.122. The Balaban J connectivity index is 1.71. The third kappa shape index (κ3) is 5.41. The third-order valence-corrected chi connectivity index (χ3v) is 6.60. The molecule has 0 N–H and O–H groups in total. The first-order valence-corrected chi connectivity index (χ1v) is 11.6. The van der Waals surface area contributed by atoms with Crippen LogP contribution in [0, 0.1) is 5.82 Å². The quantitative estimate of drug-likeness (QED) is 0.354. The van der Waals surface area contributed by atoms with Gasteiger partial charge in [-0.3, -0.25) is 9.69 Å². The smallest absolute Gasteiger partial charge is 0.267 e. The molecule has 3 aromatic carbocycles. The molecule has 0 radical (unpaired) electrons. The monoisotopic (exact) mass is 499 g/mol. The molecule has 4 nitrogen and oxygen atoms in total. The van der Waals surface area contributed by atoms with E-state index in [1.165, 1.54) is 22.7 Å². The molecule has 168 valence electrons. The van der Waals surface area contributed by atoms with Crippen LogP contribution in [0.25, 0.3) is 6.08 Å². The average molecular weight is 500 g/mol. The van der Waals surface area contributed by atoms with Crippen molar-refractivity contribution in [1.82, 2.24) is 4.90 Å². The molecule has 0 aliphatic carbocycles. The number of hydrogen-bond acceptors (Lipinski definition) is 4. The van der Waals surface area contributed by atoms with E-state index in [4.69, 9.17) is 23.2 Å². The van der Waals surface area contributed by atoms with E-state index in [1.54, 1.807) is 36.4 Å². The summed E-state index contributed by atoms with van der Waals surface area (Å²) in [5.74, 6) is -0.683. The number of thioether (sulfide) groups is 1. The fourth-order valence-electron chi connectivity index (χ4n) is 3.22. The first-order valence-electron chi connectivity index (χ1n) is 10.1. The molecule has 1 amide bonds. The average Bonchev–Trinajstić information content (AvgIpc) is 3.06. The minimum absolute atomic E-state index is 0.164. The number of halogens is 3. The van der Waals surface area contributed by atoms with E-state index < -0.39 is 5.82 Å². The number of amides is 1. The second-order valence-corrected chi connectivity index (χ2v) is 9.42. The molecule has 0 bridgehead atoms. The Bertz CT molecular complexity index is 1260. The fourth-order valence-corrected chi connectivity index (χ4v) is 4.68.